The van der Waals surface area contributed by atoms with Crippen LogP contribution >= 0.6 is 0 Å². The van der Waals surface area contributed by atoms with Gasteiger partial charge in [0.05, 0.1) is 0 Å². The van der Waals surface area contributed by atoms with Gasteiger partial charge in [0, 0.05) is 18.5 Å². The number of hydrogen-bond donors (Lipinski definition) is 3. The Morgan fingerprint density at radius 1 is 1.33 bits per heavy atom. The first-order valence-corrected chi connectivity index (χ1v) is 6.55. The van der Waals surface area contributed by atoms with Crippen molar-refractivity contribution >= 4 is 11.9 Å². The molecule has 0 heterocycles. The lowest BCUT2D eigenvalue weighted by Gasteiger charge is -2.20. The molecule has 5 heteroatoms. The van der Waals surface area contributed by atoms with Gasteiger partial charge in [-0.25, -0.2) is 4.79 Å². The van der Waals surface area contributed by atoms with Crippen molar-refractivity contribution < 1.29 is 14.7 Å². The second-order valence-electron chi connectivity index (χ2n) is 6.06. The fourth-order valence-corrected chi connectivity index (χ4v) is 1.73. The van der Waals surface area contributed by atoms with Crippen LogP contribution in [0.4, 0.5) is 0 Å². The summed E-state index contributed by atoms with van der Waals surface area (Å²) >= 11 is 0. The molecule has 5 nitrogen and oxygen atoms in total. The fourth-order valence-electron chi connectivity index (χ4n) is 1.73. The third-order valence-corrected chi connectivity index (χ3v) is 2.91. The molecule has 0 radical (unpaired) electrons. The zero-order valence-electron chi connectivity index (χ0n) is 11.5. The summed E-state index contributed by atoms with van der Waals surface area (Å²) in [6.07, 6.45) is 3.05. The van der Waals surface area contributed by atoms with Crippen molar-refractivity contribution in [1.29, 1.82) is 0 Å². The molecule has 3 N–H and O–H groups in total. The molecule has 0 spiro atoms. The minimum Gasteiger partial charge on any atom is -0.480 e. The monoisotopic (exact) mass is 256 g/mol. The maximum atomic E-state index is 11.6. The average Bonchev–Trinajstić information content (AvgIpc) is 2.98. The Balaban J connectivity index is 2.25. The molecule has 0 unspecified atom stereocenters. The van der Waals surface area contributed by atoms with Gasteiger partial charge in [0.1, 0.15) is 6.04 Å². The molecule has 0 aromatic carbocycles. The molecule has 1 aliphatic carbocycles. The van der Waals surface area contributed by atoms with E-state index in [-0.39, 0.29) is 11.4 Å². The Kier molecular flexibility index (Phi) is 5.14. The normalized spacial score (nSPS) is 17.3. The van der Waals surface area contributed by atoms with E-state index in [1.165, 1.54) is 0 Å². The van der Waals surface area contributed by atoms with Crippen molar-refractivity contribution in [3.05, 3.63) is 0 Å². The number of carbonyl (C=O) groups excluding carboxylic acids is 1. The SMILES string of the molecule is CC(C)(C)NCCC(=O)N[C@@H](CC1CC1)C(=O)O. The molecule has 1 saturated carbocycles. The summed E-state index contributed by atoms with van der Waals surface area (Å²) in [5.74, 6) is -0.641. The number of nitrogens with one attached hydrogen (secondary N) is 2. The Hall–Kier alpha value is -1.10. The van der Waals surface area contributed by atoms with Crippen molar-refractivity contribution in [2.45, 2.75) is 58.0 Å². The summed E-state index contributed by atoms with van der Waals surface area (Å²) in [6.45, 7) is 6.64. The third kappa shape index (κ3) is 6.59. The Morgan fingerprint density at radius 3 is 2.39 bits per heavy atom. The molecule has 0 saturated heterocycles. The van der Waals surface area contributed by atoms with Gasteiger partial charge in [-0.15, -0.1) is 0 Å². The van der Waals surface area contributed by atoms with Crippen LogP contribution in [0.3, 0.4) is 0 Å². The van der Waals surface area contributed by atoms with Gasteiger partial charge in [-0.2, -0.15) is 0 Å². The van der Waals surface area contributed by atoms with E-state index in [2.05, 4.69) is 10.6 Å². The van der Waals surface area contributed by atoms with E-state index in [0.29, 0.717) is 25.3 Å². The lowest BCUT2D eigenvalue weighted by molar-refractivity contribution is -0.142. The molecule has 0 aromatic heterocycles. The average molecular weight is 256 g/mol. The van der Waals surface area contributed by atoms with Gasteiger partial charge in [0.25, 0.3) is 0 Å². The molecule has 1 aliphatic rings. The van der Waals surface area contributed by atoms with Crippen LogP contribution in [-0.4, -0.2) is 35.1 Å². The first-order chi connectivity index (χ1) is 8.28. The van der Waals surface area contributed by atoms with Crippen LogP contribution < -0.4 is 10.6 Å². The van der Waals surface area contributed by atoms with E-state index in [1.54, 1.807) is 0 Å². The Labute approximate surface area is 108 Å². The predicted molar refractivity (Wildman–Crippen MR) is 69.3 cm³/mol. The van der Waals surface area contributed by atoms with Crippen molar-refractivity contribution in [2.75, 3.05) is 6.54 Å². The first-order valence-electron chi connectivity index (χ1n) is 6.55. The predicted octanol–water partition coefficient (Wildman–Crippen LogP) is 1.13. The molecule has 104 valence electrons. The second kappa shape index (κ2) is 6.18. The molecule has 1 amide bonds. The summed E-state index contributed by atoms with van der Waals surface area (Å²) in [5, 5.41) is 14.8. The Bertz CT molecular complexity index is 306. The number of rotatable bonds is 7. The summed E-state index contributed by atoms with van der Waals surface area (Å²) in [7, 11) is 0. The molecule has 0 bridgehead atoms. The number of carboxylic acids is 1. The van der Waals surface area contributed by atoms with Gasteiger partial charge in [-0.3, -0.25) is 4.79 Å². The van der Waals surface area contributed by atoms with Crippen molar-refractivity contribution in [3.63, 3.8) is 0 Å². The number of carbonyl (C=O) groups is 2. The fraction of sp³-hybridized carbons (Fsp3) is 0.846. The zero-order valence-corrected chi connectivity index (χ0v) is 11.5. The van der Waals surface area contributed by atoms with Crippen LogP contribution in [-0.2, 0) is 9.59 Å². The van der Waals surface area contributed by atoms with Crippen LogP contribution in [0.1, 0.15) is 46.5 Å². The highest BCUT2D eigenvalue weighted by Gasteiger charge is 2.30. The highest BCUT2D eigenvalue weighted by molar-refractivity contribution is 5.83. The van der Waals surface area contributed by atoms with E-state index in [4.69, 9.17) is 5.11 Å². The van der Waals surface area contributed by atoms with Crippen molar-refractivity contribution in [3.8, 4) is 0 Å². The summed E-state index contributed by atoms with van der Waals surface area (Å²) in [4.78, 5) is 22.6. The quantitative estimate of drug-likeness (QED) is 0.638. The van der Waals surface area contributed by atoms with Gasteiger partial charge >= 0.3 is 5.97 Å². The summed E-state index contributed by atoms with van der Waals surface area (Å²) in [5.41, 5.74) is -0.0273. The highest BCUT2D eigenvalue weighted by Crippen LogP contribution is 2.33. The molecular weight excluding hydrogens is 232 g/mol. The lowest BCUT2D eigenvalue weighted by atomic mass is 10.1. The van der Waals surface area contributed by atoms with Crippen molar-refractivity contribution in [2.24, 2.45) is 5.92 Å². The topological polar surface area (TPSA) is 78.4 Å². The molecule has 0 aromatic rings. The van der Waals surface area contributed by atoms with E-state index < -0.39 is 12.0 Å². The lowest BCUT2D eigenvalue weighted by Crippen LogP contribution is -2.43. The molecule has 1 rings (SSSR count). The smallest absolute Gasteiger partial charge is 0.326 e. The van der Waals surface area contributed by atoms with E-state index >= 15 is 0 Å². The minimum atomic E-state index is -0.931. The van der Waals surface area contributed by atoms with Gasteiger partial charge in [0.15, 0.2) is 0 Å². The van der Waals surface area contributed by atoms with Crippen LogP contribution in [0.25, 0.3) is 0 Å². The van der Waals surface area contributed by atoms with Gasteiger partial charge in [-0.05, 0) is 33.1 Å². The summed E-state index contributed by atoms with van der Waals surface area (Å²) < 4.78 is 0. The van der Waals surface area contributed by atoms with E-state index in [1.807, 2.05) is 20.8 Å². The molecule has 1 fully saturated rings. The summed E-state index contributed by atoms with van der Waals surface area (Å²) in [6, 6.07) is -0.723. The molecule has 1 atom stereocenters. The van der Waals surface area contributed by atoms with Crippen LogP contribution in [0.5, 0.6) is 0 Å². The zero-order chi connectivity index (χ0) is 13.8. The third-order valence-electron chi connectivity index (χ3n) is 2.91. The number of amides is 1. The standard InChI is InChI=1S/C13H24N2O3/c1-13(2,3)14-7-6-11(16)15-10(12(17)18)8-9-4-5-9/h9-10,14H,4-8H2,1-3H3,(H,15,16)(H,17,18)/t10-/m0/s1. The van der Waals surface area contributed by atoms with Gasteiger partial charge in [0.2, 0.25) is 5.91 Å². The van der Waals surface area contributed by atoms with E-state index in [0.717, 1.165) is 12.8 Å². The Morgan fingerprint density at radius 2 is 1.94 bits per heavy atom. The molecular formula is C13H24N2O3. The van der Waals surface area contributed by atoms with Crippen LogP contribution in [0.15, 0.2) is 0 Å². The van der Waals surface area contributed by atoms with Gasteiger partial charge < -0.3 is 15.7 Å². The van der Waals surface area contributed by atoms with Crippen LogP contribution in [0, 0.1) is 5.92 Å². The maximum absolute atomic E-state index is 11.6. The molecule has 18 heavy (non-hydrogen) atoms. The highest BCUT2D eigenvalue weighted by atomic mass is 16.4. The van der Waals surface area contributed by atoms with Crippen LogP contribution in [0.2, 0.25) is 0 Å². The number of carboxylic acid groups (broad SMARTS) is 1. The minimum absolute atomic E-state index is 0.0273. The largest absolute Gasteiger partial charge is 0.480 e. The first kappa shape index (κ1) is 15.0. The molecule has 0 aliphatic heterocycles. The van der Waals surface area contributed by atoms with Gasteiger partial charge in [-0.1, -0.05) is 12.8 Å². The number of hydrogen-bond acceptors (Lipinski definition) is 3. The van der Waals surface area contributed by atoms with Crippen molar-refractivity contribution in [1.82, 2.24) is 10.6 Å². The van der Waals surface area contributed by atoms with E-state index in [9.17, 15) is 9.59 Å². The maximum Gasteiger partial charge on any atom is 0.326 e. The second-order valence-corrected chi connectivity index (χ2v) is 6.06. The number of aliphatic carboxylic acids is 1.